The average molecular weight is 527 g/mol. The maximum atomic E-state index is 6.01. The number of rotatable bonds is 5. The standard InChI is InChI=1S/C20H26N6.C12H16O/c1-12(21)20(26(2)22)15-10-18-19(24-11-15)16-9-14(3-4-17(16)25-18)13-5-7-23-8-6-13;1-2-4-11(5-3-1)10-12-6-8-13-9-7-12/h3-4,9-11,13,23,25H,5-8,21-22H2,1-2H3;1-5,12H,6-10H2/b20-12-;. The fraction of sp³-hybridized carbons (Fsp3) is 0.406. The Morgan fingerprint density at radius 3 is 2.44 bits per heavy atom. The number of fused-ring (bicyclic) bond motifs is 3. The second-order valence-corrected chi connectivity index (χ2v) is 11.0. The number of H-pyrrole nitrogens is 1. The minimum atomic E-state index is 0.630. The van der Waals surface area contributed by atoms with Gasteiger partial charge in [0.05, 0.1) is 16.7 Å². The molecule has 0 unspecified atom stereocenters. The Hall–Kier alpha value is -3.39. The molecule has 0 amide bonds. The molecule has 2 aliphatic heterocycles. The van der Waals surface area contributed by atoms with Crippen molar-refractivity contribution >= 4 is 27.6 Å². The van der Waals surface area contributed by atoms with Gasteiger partial charge in [-0.2, -0.15) is 0 Å². The van der Waals surface area contributed by atoms with Crippen molar-refractivity contribution in [2.75, 3.05) is 33.4 Å². The van der Waals surface area contributed by atoms with Crippen LogP contribution in [0.2, 0.25) is 0 Å². The van der Waals surface area contributed by atoms with Gasteiger partial charge in [0, 0.05) is 48.6 Å². The number of hydrogen-bond acceptors (Lipinski definition) is 6. The molecule has 0 atom stereocenters. The molecule has 0 saturated carbocycles. The third-order valence-electron chi connectivity index (χ3n) is 7.97. The molecule has 2 saturated heterocycles. The Bertz CT molecular complexity index is 1390. The van der Waals surface area contributed by atoms with Crippen LogP contribution in [0.15, 0.2) is 66.5 Å². The Balaban J connectivity index is 0.000000198. The second kappa shape index (κ2) is 12.6. The van der Waals surface area contributed by atoms with Crippen molar-refractivity contribution in [2.45, 2.75) is 44.9 Å². The van der Waals surface area contributed by atoms with Crippen LogP contribution >= 0.6 is 0 Å². The van der Waals surface area contributed by atoms with E-state index in [4.69, 9.17) is 21.3 Å². The Morgan fingerprint density at radius 1 is 1.00 bits per heavy atom. The van der Waals surface area contributed by atoms with Gasteiger partial charge in [-0.05, 0) is 93.3 Å². The molecule has 2 aromatic heterocycles. The summed E-state index contributed by atoms with van der Waals surface area (Å²) in [6.07, 6.45) is 7.92. The van der Waals surface area contributed by atoms with Gasteiger partial charge < -0.3 is 25.8 Å². The van der Waals surface area contributed by atoms with Gasteiger partial charge in [-0.1, -0.05) is 36.4 Å². The summed E-state index contributed by atoms with van der Waals surface area (Å²) in [5, 5.41) is 6.15. The number of ether oxygens (including phenoxy) is 1. The first kappa shape index (κ1) is 27.2. The second-order valence-electron chi connectivity index (χ2n) is 11.0. The molecule has 2 aromatic carbocycles. The van der Waals surface area contributed by atoms with Crippen molar-refractivity contribution in [3.05, 3.63) is 83.2 Å². The highest BCUT2D eigenvalue weighted by Gasteiger charge is 2.18. The summed E-state index contributed by atoms with van der Waals surface area (Å²) in [6, 6.07) is 19.5. The van der Waals surface area contributed by atoms with Crippen LogP contribution in [-0.4, -0.2) is 48.3 Å². The molecule has 39 heavy (non-hydrogen) atoms. The zero-order valence-corrected chi connectivity index (χ0v) is 23.2. The van der Waals surface area contributed by atoms with E-state index in [9.17, 15) is 0 Å². The molecule has 0 radical (unpaired) electrons. The molecule has 206 valence electrons. The molecular weight excluding hydrogens is 484 g/mol. The monoisotopic (exact) mass is 526 g/mol. The van der Waals surface area contributed by atoms with Crippen LogP contribution in [0.4, 0.5) is 0 Å². The SMILES string of the molecule is C/C(N)=C(\c1cnc2c(c1)[nH]c1ccc(C3CCNCC3)cc12)N(C)N.c1ccc(CC2CCOCC2)cc1. The van der Waals surface area contributed by atoms with Gasteiger partial charge in [0.15, 0.2) is 0 Å². The van der Waals surface area contributed by atoms with Crippen LogP contribution in [0.5, 0.6) is 0 Å². The van der Waals surface area contributed by atoms with E-state index >= 15 is 0 Å². The summed E-state index contributed by atoms with van der Waals surface area (Å²) < 4.78 is 5.34. The minimum Gasteiger partial charge on any atom is -0.401 e. The number of nitrogens with two attached hydrogens (primary N) is 2. The topological polar surface area (TPSA) is 105 Å². The lowest BCUT2D eigenvalue weighted by Gasteiger charge is -2.23. The molecule has 0 bridgehead atoms. The van der Waals surface area contributed by atoms with Crippen LogP contribution in [-0.2, 0) is 11.2 Å². The average Bonchev–Trinajstić information content (AvgIpc) is 3.32. The Kier molecular flexibility index (Phi) is 8.81. The van der Waals surface area contributed by atoms with E-state index in [1.807, 2.05) is 13.1 Å². The van der Waals surface area contributed by atoms with Crippen LogP contribution in [0.1, 0.15) is 55.2 Å². The lowest BCUT2D eigenvalue weighted by atomic mass is 9.89. The Labute approximate surface area is 231 Å². The van der Waals surface area contributed by atoms with E-state index in [0.29, 0.717) is 11.6 Å². The van der Waals surface area contributed by atoms with Crippen molar-refractivity contribution in [3.63, 3.8) is 0 Å². The number of nitrogens with zero attached hydrogens (tertiary/aromatic N) is 2. The number of hydrogen-bond donors (Lipinski definition) is 4. The van der Waals surface area contributed by atoms with Gasteiger partial charge in [-0.15, -0.1) is 0 Å². The highest BCUT2D eigenvalue weighted by molar-refractivity contribution is 6.05. The van der Waals surface area contributed by atoms with E-state index in [-0.39, 0.29) is 0 Å². The fourth-order valence-electron chi connectivity index (χ4n) is 5.93. The molecule has 6 N–H and O–H groups in total. The van der Waals surface area contributed by atoms with Crippen LogP contribution < -0.4 is 16.9 Å². The first-order chi connectivity index (χ1) is 19.0. The van der Waals surface area contributed by atoms with E-state index in [0.717, 1.165) is 60.0 Å². The predicted octanol–water partition coefficient (Wildman–Crippen LogP) is 5.29. The van der Waals surface area contributed by atoms with Crippen molar-refractivity contribution < 1.29 is 4.74 Å². The van der Waals surface area contributed by atoms with Gasteiger partial charge in [0.1, 0.15) is 0 Å². The first-order valence-electron chi connectivity index (χ1n) is 14.2. The molecule has 2 aliphatic rings. The molecule has 6 rings (SSSR count). The molecule has 0 aliphatic carbocycles. The lowest BCUT2D eigenvalue weighted by molar-refractivity contribution is 0.0665. The number of aromatic amines is 1. The number of hydrazine groups is 1. The van der Waals surface area contributed by atoms with Gasteiger partial charge >= 0.3 is 0 Å². The molecule has 2 fully saturated rings. The number of allylic oxidation sites excluding steroid dienone is 1. The van der Waals surface area contributed by atoms with E-state index < -0.39 is 0 Å². The predicted molar refractivity (Wildman–Crippen MR) is 161 cm³/mol. The quantitative estimate of drug-likeness (QED) is 0.208. The maximum Gasteiger partial charge on any atom is 0.0958 e. The van der Waals surface area contributed by atoms with Crippen LogP contribution in [0.25, 0.3) is 27.6 Å². The van der Waals surface area contributed by atoms with Crippen LogP contribution in [0.3, 0.4) is 0 Å². The largest absolute Gasteiger partial charge is 0.401 e. The third kappa shape index (κ3) is 6.61. The number of benzene rings is 2. The summed E-state index contributed by atoms with van der Waals surface area (Å²) in [6.45, 7) is 5.95. The van der Waals surface area contributed by atoms with Crippen molar-refractivity contribution in [2.24, 2.45) is 17.5 Å². The normalized spacial score (nSPS) is 17.5. The molecule has 4 heterocycles. The smallest absolute Gasteiger partial charge is 0.0958 e. The van der Waals surface area contributed by atoms with Crippen molar-refractivity contribution in [3.8, 4) is 0 Å². The zero-order valence-electron chi connectivity index (χ0n) is 23.2. The van der Waals surface area contributed by atoms with Gasteiger partial charge in [0.25, 0.3) is 0 Å². The Morgan fingerprint density at radius 2 is 1.74 bits per heavy atom. The van der Waals surface area contributed by atoms with E-state index in [1.54, 1.807) is 7.05 Å². The summed E-state index contributed by atoms with van der Waals surface area (Å²) in [5.41, 5.74) is 14.3. The fourth-order valence-corrected chi connectivity index (χ4v) is 5.93. The van der Waals surface area contributed by atoms with Crippen LogP contribution in [0, 0.1) is 5.92 Å². The number of piperidine rings is 1. The molecule has 0 spiro atoms. The summed E-state index contributed by atoms with van der Waals surface area (Å²) in [4.78, 5) is 8.21. The number of aromatic nitrogens is 2. The highest BCUT2D eigenvalue weighted by atomic mass is 16.5. The van der Waals surface area contributed by atoms with Gasteiger partial charge in [0.2, 0.25) is 0 Å². The number of pyridine rings is 1. The van der Waals surface area contributed by atoms with Gasteiger partial charge in [-0.25, -0.2) is 5.84 Å². The number of nitrogens with one attached hydrogen (secondary N) is 2. The van der Waals surface area contributed by atoms with Crippen molar-refractivity contribution in [1.29, 1.82) is 0 Å². The maximum absolute atomic E-state index is 6.01. The van der Waals surface area contributed by atoms with Crippen molar-refractivity contribution in [1.82, 2.24) is 20.3 Å². The molecule has 4 aromatic rings. The highest BCUT2D eigenvalue weighted by Crippen LogP contribution is 2.32. The van der Waals surface area contributed by atoms with E-state index in [1.165, 1.54) is 53.6 Å². The summed E-state index contributed by atoms with van der Waals surface area (Å²) in [7, 11) is 1.78. The molecular formula is C32H42N6O. The first-order valence-corrected chi connectivity index (χ1v) is 14.2. The third-order valence-corrected chi connectivity index (χ3v) is 7.97. The van der Waals surface area contributed by atoms with Gasteiger partial charge in [-0.3, -0.25) is 4.98 Å². The summed E-state index contributed by atoms with van der Waals surface area (Å²) in [5.74, 6) is 7.42. The molecule has 7 nitrogen and oxygen atoms in total. The lowest BCUT2D eigenvalue weighted by Crippen LogP contribution is -2.26. The zero-order chi connectivity index (χ0) is 27.2. The van der Waals surface area contributed by atoms with E-state index in [2.05, 4.69) is 64.9 Å². The molecule has 7 heteroatoms. The minimum absolute atomic E-state index is 0.630. The summed E-state index contributed by atoms with van der Waals surface area (Å²) >= 11 is 0.